The lowest BCUT2D eigenvalue weighted by Gasteiger charge is -2.19. The average molecular weight is 294 g/mol. The second-order valence-electron chi connectivity index (χ2n) is 4.95. The van der Waals surface area contributed by atoms with Crippen LogP contribution in [0.2, 0.25) is 0 Å². The van der Waals surface area contributed by atoms with Crippen molar-refractivity contribution in [3.8, 4) is 5.75 Å². The molecular formula is C16H26N2O3. The maximum atomic E-state index is 12.0. The van der Waals surface area contributed by atoms with Gasteiger partial charge in [0, 0.05) is 31.9 Å². The third-order valence-corrected chi connectivity index (χ3v) is 3.26. The number of methoxy groups -OCH3 is 1. The molecule has 1 amide bonds. The molecule has 0 fully saturated rings. The first-order valence-electron chi connectivity index (χ1n) is 7.38. The van der Waals surface area contributed by atoms with E-state index in [1.807, 2.05) is 31.2 Å². The summed E-state index contributed by atoms with van der Waals surface area (Å²) >= 11 is 0. The van der Waals surface area contributed by atoms with Crippen LogP contribution in [0.25, 0.3) is 0 Å². The molecule has 0 heterocycles. The van der Waals surface area contributed by atoms with Crippen LogP contribution in [0.4, 0.5) is 0 Å². The van der Waals surface area contributed by atoms with Crippen molar-refractivity contribution < 1.29 is 14.3 Å². The summed E-state index contributed by atoms with van der Waals surface area (Å²) in [4.78, 5) is 12.0. The number of nitrogens with one attached hydrogen (secondary N) is 1. The lowest BCUT2D eigenvalue weighted by molar-refractivity contribution is -0.127. The monoisotopic (exact) mass is 294 g/mol. The molecule has 0 bridgehead atoms. The first-order valence-corrected chi connectivity index (χ1v) is 7.38. The number of nitrogens with two attached hydrogens (primary N) is 1. The molecule has 2 atom stereocenters. The lowest BCUT2D eigenvalue weighted by Crippen LogP contribution is -2.37. The number of ether oxygens (including phenoxy) is 2. The first kappa shape index (κ1) is 17.5. The van der Waals surface area contributed by atoms with E-state index < -0.39 is 6.10 Å². The number of hydrogen-bond donors (Lipinski definition) is 2. The van der Waals surface area contributed by atoms with Crippen LogP contribution in [-0.2, 0) is 9.53 Å². The second-order valence-corrected chi connectivity index (χ2v) is 4.95. The number of rotatable bonds is 9. The van der Waals surface area contributed by atoms with Gasteiger partial charge in [0.2, 0.25) is 0 Å². The molecule has 1 rings (SSSR count). The van der Waals surface area contributed by atoms with E-state index in [1.165, 1.54) is 0 Å². The van der Waals surface area contributed by atoms with Crippen molar-refractivity contribution in [1.82, 2.24) is 5.32 Å². The fourth-order valence-corrected chi connectivity index (χ4v) is 1.93. The number of para-hydroxylation sites is 1. The highest BCUT2D eigenvalue weighted by molar-refractivity contribution is 5.80. The summed E-state index contributed by atoms with van der Waals surface area (Å²) in [6.07, 6.45) is 1.04. The summed E-state index contributed by atoms with van der Waals surface area (Å²) < 4.78 is 10.7. The predicted molar refractivity (Wildman–Crippen MR) is 83.3 cm³/mol. The molecule has 0 saturated carbocycles. The van der Waals surface area contributed by atoms with Crippen LogP contribution in [0.1, 0.15) is 38.3 Å². The maximum Gasteiger partial charge on any atom is 0.260 e. The van der Waals surface area contributed by atoms with Crippen molar-refractivity contribution in [2.45, 2.75) is 38.8 Å². The maximum absolute atomic E-state index is 12.0. The molecule has 0 spiro atoms. The summed E-state index contributed by atoms with van der Waals surface area (Å²) in [7, 11) is 1.64. The third-order valence-electron chi connectivity index (χ3n) is 3.26. The summed E-state index contributed by atoms with van der Waals surface area (Å²) in [5.74, 6) is 0.539. The van der Waals surface area contributed by atoms with Crippen LogP contribution in [0.15, 0.2) is 24.3 Å². The average Bonchev–Trinajstić information content (AvgIpc) is 2.51. The van der Waals surface area contributed by atoms with E-state index in [4.69, 9.17) is 15.2 Å². The van der Waals surface area contributed by atoms with E-state index in [-0.39, 0.29) is 11.9 Å². The molecule has 0 radical (unpaired) electrons. The normalized spacial score (nSPS) is 13.5. The van der Waals surface area contributed by atoms with E-state index >= 15 is 0 Å². The Bertz CT molecular complexity index is 437. The van der Waals surface area contributed by atoms with Gasteiger partial charge in [0.25, 0.3) is 5.91 Å². The van der Waals surface area contributed by atoms with Gasteiger partial charge in [-0.3, -0.25) is 4.79 Å². The summed E-state index contributed by atoms with van der Waals surface area (Å²) in [6.45, 7) is 4.97. The molecule has 5 nitrogen and oxygen atoms in total. The van der Waals surface area contributed by atoms with Crippen molar-refractivity contribution in [2.75, 3.05) is 20.3 Å². The van der Waals surface area contributed by atoms with Gasteiger partial charge in [-0.05, 0) is 25.8 Å². The molecule has 1 aromatic carbocycles. The van der Waals surface area contributed by atoms with Gasteiger partial charge >= 0.3 is 0 Å². The molecule has 2 unspecified atom stereocenters. The number of carbonyl (C=O) groups excluding carboxylic acids is 1. The van der Waals surface area contributed by atoms with Gasteiger partial charge in [-0.25, -0.2) is 0 Å². The molecular weight excluding hydrogens is 268 g/mol. The molecule has 0 aliphatic carbocycles. The Morgan fingerprint density at radius 1 is 1.38 bits per heavy atom. The molecule has 5 heteroatoms. The van der Waals surface area contributed by atoms with Gasteiger partial charge in [0.05, 0.1) is 0 Å². The summed E-state index contributed by atoms with van der Waals surface area (Å²) in [6, 6.07) is 7.50. The van der Waals surface area contributed by atoms with Crippen LogP contribution in [-0.4, -0.2) is 32.3 Å². The van der Waals surface area contributed by atoms with Crippen LogP contribution in [0, 0.1) is 0 Å². The van der Waals surface area contributed by atoms with Crippen LogP contribution in [0.5, 0.6) is 5.75 Å². The Kier molecular flexibility index (Phi) is 7.79. The quantitative estimate of drug-likeness (QED) is 0.683. The molecule has 3 N–H and O–H groups in total. The van der Waals surface area contributed by atoms with Gasteiger partial charge in [-0.1, -0.05) is 25.1 Å². The topological polar surface area (TPSA) is 73.6 Å². The largest absolute Gasteiger partial charge is 0.481 e. The molecule has 0 aliphatic heterocycles. The molecule has 0 saturated heterocycles. The molecule has 0 aliphatic rings. The smallest absolute Gasteiger partial charge is 0.260 e. The SMILES string of the molecule is CCC(N)c1ccccc1OC(C)C(=O)NCCCOC. The fraction of sp³-hybridized carbons (Fsp3) is 0.562. The summed E-state index contributed by atoms with van der Waals surface area (Å²) in [5.41, 5.74) is 7.00. The first-order chi connectivity index (χ1) is 10.1. The van der Waals surface area contributed by atoms with E-state index in [9.17, 15) is 4.79 Å². The van der Waals surface area contributed by atoms with Crippen LogP contribution in [0.3, 0.4) is 0 Å². The minimum absolute atomic E-state index is 0.0850. The Hall–Kier alpha value is -1.59. The third kappa shape index (κ3) is 5.73. The van der Waals surface area contributed by atoms with Crippen molar-refractivity contribution in [1.29, 1.82) is 0 Å². The Labute approximate surface area is 126 Å². The van der Waals surface area contributed by atoms with Crippen molar-refractivity contribution >= 4 is 5.91 Å². The Balaban J connectivity index is 2.58. The summed E-state index contributed by atoms with van der Waals surface area (Å²) in [5, 5.41) is 2.82. The van der Waals surface area contributed by atoms with E-state index in [0.717, 1.165) is 18.4 Å². The number of carbonyl (C=O) groups is 1. The zero-order chi connectivity index (χ0) is 15.7. The molecule has 21 heavy (non-hydrogen) atoms. The molecule has 118 valence electrons. The number of benzene rings is 1. The van der Waals surface area contributed by atoms with E-state index in [0.29, 0.717) is 18.9 Å². The van der Waals surface area contributed by atoms with Gasteiger partial charge < -0.3 is 20.5 Å². The lowest BCUT2D eigenvalue weighted by atomic mass is 10.0. The van der Waals surface area contributed by atoms with E-state index in [2.05, 4.69) is 5.32 Å². The predicted octanol–water partition coefficient (Wildman–Crippen LogP) is 2.02. The van der Waals surface area contributed by atoms with Crippen LogP contribution < -0.4 is 15.8 Å². The minimum atomic E-state index is -0.558. The van der Waals surface area contributed by atoms with Crippen molar-refractivity contribution in [2.24, 2.45) is 5.73 Å². The van der Waals surface area contributed by atoms with Crippen molar-refractivity contribution in [3.63, 3.8) is 0 Å². The highest BCUT2D eigenvalue weighted by atomic mass is 16.5. The Morgan fingerprint density at radius 3 is 2.76 bits per heavy atom. The number of hydrogen-bond acceptors (Lipinski definition) is 4. The van der Waals surface area contributed by atoms with Gasteiger partial charge in [0.1, 0.15) is 5.75 Å². The van der Waals surface area contributed by atoms with Crippen molar-refractivity contribution in [3.05, 3.63) is 29.8 Å². The zero-order valence-electron chi connectivity index (χ0n) is 13.1. The van der Waals surface area contributed by atoms with Gasteiger partial charge in [-0.15, -0.1) is 0 Å². The minimum Gasteiger partial charge on any atom is -0.481 e. The Morgan fingerprint density at radius 2 is 2.10 bits per heavy atom. The number of amides is 1. The highest BCUT2D eigenvalue weighted by Crippen LogP contribution is 2.26. The van der Waals surface area contributed by atoms with Crippen LogP contribution >= 0.6 is 0 Å². The zero-order valence-corrected chi connectivity index (χ0v) is 13.1. The highest BCUT2D eigenvalue weighted by Gasteiger charge is 2.17. The molecule has 0 aromatic heterocycles. The van der Waals surface area contributed by atoms with E-state index in [1.54, 1.807) is 14.0 Å². The van der Waals surface area contributed by atoms with Gasteiger partial charge in [0.15, 0.2) is 6.10 Å². The fourth-order valence-electron chi connectivity index (χ4n) is 1.93. The standard InChI is InChI=1S/C16H26N2O3/c1-4-14(17)13-8-5-6-9-15(13)21-12(2)16(19)18-10-7-11-20-3/h5-6,8-9,12,14H,4,7,10-11,17H2,1-3H3,(H,18,19). The van der Waals surface area contributed by atoms with Gasteiger partial charge in [-0.2, -0.15) is 0 Å². The molecule has 1 aromatic rings. The second kappa shape index (κ2) is 9.37.